The van der Waals surface area contributed by atoms with Gasteiger partial charge in [0.15, 0.2) is 0 Å². The molecule has 0 saturated carbocycles. The summed E-state index contributed by atoms with van der Waals surface area (Å²) in [6, 6.07) is 1.15. The third kappa shape index (κ3) is 4.19. The van der Waals surface area contributed by atoms with Gasteiger partial charge in [0.05, 0.1) is 13.2 Å². The van der Waals surface area contributed by atoms with Crippen molar-refractivity contribution in [3.8, 4) is 0 Å². The summed E-state index contributed by atoms with van der Waals surface area (Å²) in [5.41, 5.74) is 0.0899. The SMILES string of the molecule is C[C@H]1COCCN1C1CCN(C(=O)CC(C)(C)C)CC1. The van der Waals surface area contributed by atoms with E-state index < -0.39 is 0 Å². The molecule has 0 aromatic heterocycles. The summed E-state index contributed by atoms with van der Waals surface area (Å²) in [5, 5.41) is 0. The molecule has 0 aromatic carbocycles. The van der Waals surface area contributed by atoms with Crippen molar-refractivity contribution in [3.05, 3.63) is 0 Å². The molecule has 2 aliphatic heterocycles. The number of carbonyl (C=O) groups is 1. The van der Waals surface area contributed by atoms with Crippen LogP contribution in [0.15, 0.2) is 0 Å². The molecule has 0 radical (unpaired) electrons. The maximum atomic E-state index is 12.3. The van der Waals surface area contributed by atoms with Crippen LogP contribution in [0.2, 0.25) is 0 Å². The first-order valence-corrected chi connectivity index (χ1v) is 7.98. The highest BCUT2D eigenvalue weighted by Crippen LogP contribution is 2.24. The molecule has 0 bridgehead atoms. The number of hydrogen-bond acceptors (Lipinski definition) is 3. The third-order valence-electron chi connectivity index (χ3n) is 4.39. The summed E-state index contributed by atoms with van der Waals surface area (Å²) in [7, 11) is 0. The molecule has 0 aliphatic carbocycles. The van der Waals surface area contributed by atoms with E-state index in [2.05, 4.69) is 37.5 Å². The predicted molar refractivity (Wildman–Crippen MR) is 80.7 cm³/mol. The lowest BCUT2D eigenvalue weighted by atomic mass is 9.91. The molecule has 1 atom stereocenters. The van der Waals surface area contributed by atoms with E-state index in [9.17, 15) is 4.79 Å². The van der Waals surface area contributed by atoms with Crippen LogP contribution in [0, 0.1) is 5.41 Å². The second-order valence-corrected chi connectivity index (χ2v) is 7.51. The maximum absolute atomic E-state index is 12.3. The molecule has 20 heavy (non-hydrogen) atoms. The largest absolute Gasteiger partial charge is 0.379 e. The molecule has 0 N–H and O–H groups in total. The Kier molecular flexibility index (Phi) is 5.08. The number of morpholine rings is 1. The Balaban J connectivity index is 1.81. The third-order valence-corrected chi connectivity index (χ3v) is 4.39. The van der Waals surface area contributed by atoms with Crippen LogP contribution < -0.4 is 0 Å². The van der Waals surface area contributed by atoms with Gasteiger partial charge in [-0.25, -0.2) is 0 Å². The Labute approximate surface area is 123 Å². The van der Waals surface area contributed by atoms with Gasteiger partial charge in [0, 0.05) is 38.1 Å². The minimum atomic E-state index is 0.0899. The fraction of sp³-hybridized carbons (Fsp3) is 0.938. The standard InChI is InChI=1S/C16H30N2O2/c1-13-12-20-10-9-18(13)14-5-7-17(8-6-14)15(19)11-16(2,3)4/h13-14H,5-12H2,1-4H3/t13-/m0/s1. The van der Waals surface area contributed by atoms with Crippen LogP contribution >= 0.6 is 0 Å². The molecule has 4 heteroatoms. The van der Waals surface area contributed by atoms with Crippen LogP contribution in [-0.2, 0) is 9.53 Å². The van der Waals surface area contributed by atoms with E-state index in [1.165, 1.54) is 0 Å². The maximum Gasteiger partial charge on any atom is 0.223 e. The van der Waals surface area contributed by atoms with E-state index in [4.69, 9.17) is 4.74 Å². The van der Waals surface area contributed by atoms with Gasteiger partial charge in [-0.05, 0) is 25.2 Å². The first kappa shape index (κ1) is 15.8. The van der Waals surface area contributed by atoms with Crippen LogP contribution in [0.4, 0.5) is 0 Å². The Bertz CT molecular complexity index is 330. The van der Waals surface area contributed by atoms with Crippen molar-refractivity contribution in [1.82, 2.24) is 9.80 Å². The summed E-state index contributed by atoms with van der Waals surface area (Å²) in [5.74, 6) is 0.325. The topological polar surface area (TPSA) is 32.8 Å². The molecule has 1 amide bonds. The van der Waals surface area contributed by atoms with Crippen LogP contribution in [-0.4, -0.2) is 60.6 Å². The lowest BCUT2D eigenvalue weighted by Gasteiger charge is -2.43. The predicted octanol–water partition coefficient (Wildman–Crippen LogP) is 2.13. The van der Waals surface area contributed by atoms with Gasteiger partial charge >= 0.3 is 0 Å². The molecule has 2 saturated heterocycles. The van der Waals surface area contributed by atoms with Gasteiger partial charge in [-0.15, -0.1) is 0 Å². The number of ether oxygens (including phenoxy) is 1. The van der Waals surface area contributed by atoms with E-state index in [0.29, 0.717) is 24.4 Å². The van der Waals surface area contributed by atoms with E-state index in [1.54, 1.807) is 0 Å². The zero-order valence-electron chi connectivity index (χ0n) is 13.5. The van der Waals surface area contributed by atoms with Crippen LogP contribution in [0.25, 0.3) is 0 Å². The van der Waals surface area contributed by atoms with E-state index in [0.717, 1.165) is 45.7 Å². The van der Waals surface area contributed by atoms with E-state index in [1.807, 2.05) is 0 Å². The van der Waals surface area contributed by atoms with Crippen molar-refractivity contribution in [2.24, 2.45) is 5.41 Å². The molecular weight excluding hydrogens is 252 g/mol. The van der Waals surface area contributed by atoms with Gasteiger partial charge in [0.1, 0.15) is 0 Å². The zero-order chi connectivity index (χ0) is 14.8. The summed E-state index contributed by atoms with van der Waals surface area (Å²) in [4.78, 5) is 16.9. The smallest absolute Gasteiger partial charge is 0.223 e. The van der Waals surface area contributed by atoms with Crippen molar-refractivity contribution in [2.75, 3.05) is 32.8 Å². The number of piperidine rings is 1. The number of amides is 1. The molecule has 0 aromatic rings. The molecule has 2 heterocycles. The van der Waals surface area contributed by atoms with Gasteiger partial charge in [0.25, 0.3) is 0 Å². The zero-order valence-corrected chi connectivity index (χ0v) is 13.5. The van der Waals surface area contributed by atoms with Crippen LogP contribution in [0.1, 0.15) is 47.0 Å². The van der Waals surface area contributed by atoms with Crippen molar-refractivity contribution in [2.45, 2.75) is 59.0 Å². The first-order chi connectivity index (χ1) is 9.37. The van der Waals surface area contributed by atoms with Gasteiger partial charge < -0.3 is 9.64 Å². The Hall–Kier alpha value is -0.610. The molecule has 4 nitrogen and oxygen atoms in total. The molecule has 0 unspecified atom stereocenters. The van der Waals surface area contributed by atoms with Crippen molar-refractivity contribution < 1.29 is 9.53 Å². The number of hydrogen-bond donors (Lipinski definition) is 0. The average molecular weight is 282 g/mol. The van der Waals surface area contributed by atoms with Gasteiger partial charge in [-0.1, -0.05) is 20.8 Å². The van der Waals surface area contributed by atoms with Crippen LogP contribution in [0.3, 0.4) is 0 Å². The van der Waals surface area contributed by atoms with E-state index in [-0.39, 0.29) is 5.41 Å². The normalized spacial score (nSPS) is 26.8. The highest BCUT2D eigenvalue weighted by molar-refractivity contribution is 5.76. The summed E-state index contributed by atoms with van der Waals surface area (Å²) in [6.45, 7) is 13.2. The first-order valence-electron chi connectivity index (χ1n) is 7.98. The second-order valence-electron chi connectivity index (χ2n) is 7.51. The number of nitrogens with zero attached hydrogens (tertiary/aromatic N) is 2. The monoisotopic (exact) mass is 282 g/mol. The Morgan fingerprint density at radius 3 is 2.40 bits per heavy atom. The minimum Gasteiger partial charge on any atom is -0.379 e. The summed E-state index contributed by atoms with van der Waals surface area (Å²) < 4.78 is 5.51. The molecular formula is C16H30N2O2. The molecule has 2 fully saturated rings. The molecule has 0 spiro atoms. The molecule has 2 rings (SSSR count). The molecule has 2 aliphatic rings. The van der Waals surface area contributed by atoms with Crippen molar-refractivity contribution >= 4 is 5.91 Å². The minimum absolute atomic E-state index is 0.0899. The van der Waals surface area contributed by atoms with Crippen molar-refractivity contribution in [1.29, 1.82) is 0 Å². The quantitative estimate of drug-likeness (QED) is 0.778. The number of carbonyl (C=O) groups excluding carboxylic acids is 1. The fourth-order valence-corrected chi connectivity index (χ4v) is 3.29. The number of likely N-dealkylation sites (tertiary alicyclic amines) is 1. The van der Waals surface area contributed by atoms with Gasteiger partial charge in [0.2, 0.25) is 5.91 Å². The fourth-order valence-electron chi connectivity index (χ4n) is 3.29. The average Bonchev–Trinajstić information content (AvgIpc) is 2.37. The second kappa shape index (κ2) is 6.44. The highest BCUT2D eigenvalue weighted by atomic mass is 16.5. The van der Waals surface area contributed by atoms with Gasteiger partial charge in [-0.2, -0.15) is 0 Å². The Morgan fingerprint density at radius 2 is 1.85 bits per heavy atom. The van der Waals surface area contributed by atoms with Gasteiger partial charge in [-0.3, -0.25) is 9.69 Å². The lowest BCUT2D eigenvalue weighted by Crippen LogP contribution is -2.53. The summed E-state index contributed by atoms with van der Waals surface area (Å²) >= 11 is 0. The summed E-state index contributed by atoms with van der Waals surface area (Å²) in [6.07, 6.45) is 2.88. The number of rotatable bonds is 2. The molecule has 116 valence electrons. The van der Waals surface area contributed by atoms with E-state index >= 15 is 0 Å². The van der Waals surface area contributed by atoms with Crippen LogP contribution in [0.5, 0.6) is 0 Å². The van der Waals surface area contributed by atoms with Crippen molar-refractivity contribution in [3.63, 3.8) is 0 Å². The Morgan fingerprint density at radius 1 is 1.20 bits per heavy atom. The highest BCUT2D eigenvalue weighted by Gasteiger charge is 2.31. The lowest BCUT2D eigenvalue weighted by molar-refractivity contribution is -0.135.